The Bertz CT molecular complexity index is 430. The normalized spacial score (nSPS) is 27.1. The van der Waals surface area contributed by atoms with Crippen LogP contribution in [0.1, 0.15) is 25.7 Å². The fraction of sp³-hybridized carbons (Fsp3) is 0.733. The van der Waals surface area contributed by atoms with Crippen molar-refractivity contribution in [3.8, 4) is 0 Å². The van der Waals surface area contributed by atoms with E-state index >= 15 is 0 Å². The van der Waals surface area contributed by atoms with Crippen molar-refractivity contribution in [3.63, 3.8) is 0 Å². The van der Waals surface area contributed by atoms with E-state index in [9.17, 15) is 9.59 Å². The molecule has 0 aromatic rings. The predicted molar refractivity (Wildman–Crippen MR) is 76.0 cm³/mol. The third-order valence-corrected chi connectivity index (χ3v) is 5.15. The molecule has 20 heavy (non-hydrogen) atoms. The van der Waals surface area contributed by atoms with Crippen LogP contribution in [0.2, 0.25) is 0 Å². The van der Waals surface area contributed by atoms with Gasteiger partial charge < -0.3 is 10.2 Å². The van der Waals surface area contributed by atoms with Crippen LogP contribution in [-0.4, -0.2) is 60.4 Å². The molecule has 0 aromatic carbocycles. The van der Waals surface area contributed by atoms with Crippen molar-refractivity contribution in [1.29, 1.82) is 0 Å². The highest BCUT2D eigenvalue weighted by Gasteiger charge is 2.47. The van der Waals surface area contributed by atoms with Gasteiger partial charge in [-0.2, -0.15) is 0 Å². The second kappa shape index (κ2) is 5.20. The topological polar surface area (TPSA) is 52.7 Å². The van der Waals surface area contributed by atoms with Gasteiger partial charge in [-0.05, 0) is 32.7 Å². The number of nitrogens with zero attached hydrogens (tertiary/aromatic N) is 2. The molecule has 1 aliphatic carbocycles. The van der Waals surface area contributed by atoms with Crippen LogP contribution in [0.3, 0.4) is 0 Å². The number of hydrogen-bond acceptors (Lipinski definition) is 3. The molecular formula is C15H23N3O2. The van der Waals surface area contributed by atoms with E-state index in [0.717, 1.165) is 38.8 Å². The minimum Gasteiger partial charge on any atom is -0.353 e. The summed E-state index contributed by atoms with van der Waals surface area (Å²) in [5.41, 5.74) is -0.386. The third kappa shape index (κ3) is 2.14. The van der Waals surface area contributed by atoms with Gasteiger partial charge in [0.15, 0.2) is 0 Å². The van der Waals surface area contributed by atoms with Gasteiger partial charge in [0.2, 0.25) is 11.8 Å². The Morgan fingerprint density at radius 3 is 2.50 bits per heavy atom. The first-order valence-corrected chi connectivity index (χ1v) is 7.57. The molecule has 2 heterocycles. The molecule has 0 saturated carbocycles. The standard InChI is InChI=1S/C15H23N3O2/c1-17-11-8-16-14(20)15(17)6-9-18(10-7-15)13(19)12-4-2-3-5-12/h2-3,12H,4-11H2,1H3,(H,16,20). The maximum absolute atomic E-state index is 12.4. The van der Waals surface area contributed by atoms with E-state index in [2.05, 4.69) is 22.4 Å². The average Bonchev–Trinajstić information content (AvgIpc) is 2.99. The molecular weight excluding hydrogens is 254 g/mol. The van der Waals surface area contributed by atoms with Gasteiger partial charge in [-0.3, -0.25) is 14.5 Å². The lowest BCUT2D eigenvalue weighted by Crippen LogP contribution is -2.67. The molecule has 0 aromatic heterocycles. The Morgan fingerprint density at radius 2 is 1.90 bits per heavy atom. The number of rotatable bonds is 1. The zero-order valence-electron chi connectivity index (χ0n) is 12.1. The first-order chi connectivity index (χ1) is 9.63. The fourth-order valence-corrected chi connectivity index (χ4v) is 3.67. The predicted octanol–water partition coefficient (Wildman–Crippen LogP) is 0.375. The second-order valence-electron chi connectivity index (χ2n) is 6.17. The zero-order chi connectivity index (χ0) is 14.2. The zero-order valence-corrected chi connectivity index (χ0v) is 12.1. The van der Waals surface area contributed by atoms with Crippen LogP contribution >= 0.6 is 0 Å². The first kappa shape index (κ1) is 13.6. The molecule has 0 unspecified atom stereocenters. The molecule has 0 radical (unpaired) electrons. The molecule has 1 spiro atoms. The maximum atomic E-state index is 12.4. The number of carbonyl (C=O) groups is 2. The van der Waals surface area contributed by atoms with Crippen LogP contribution in [0.4, 0.5) is 0 Å². The number of amides is 2. The van der Waals surface area contributed by atoms with Gasteiger partial charge in [0.05, 0.1) is 0 Å². The molecule has 2 fully saturated rings. The van der Waals surface area contributed by atoms with Gasteiger partial charge in [-0.25, -0.2) is 0 Å². The summed E-state index contributed by atoms with van der Waals surface area (Å²) in [5, 5.41) is 2.98. The molecule has 5 heteroatoms. The lowest BCUT2D eigenvalue weighted by molar-refractivity contribution is -0.146. The Hall–Kier alpha value is -1.36. The average molecular weight is 277 g/mol. The lowest BCUT2D eigenvalue weighted by Gasteiger charge is -2.48. The Morgan fingerprint density at radius 1 is 1.25 bits per heavy atom. The van der Waals surface area contributed by atoms with E-state index in [4.69, 9.17) is 0 Å². The minimum absolute atomic E-state index is 0.140. The van der Waals surface area contributed by atoms with Gasteiger partial charge in [0.1, 0.15) is 5.54 Å². The van der Waals surface area contributed by atoms with E-state index in [-0.39, 0.29) is 23.3 Å². The van der Waals surface area contributed by atoms with Crippen molar-refractivity contribution in [2.24, 2.45) is 5.92 Å². The smallest absolute Gasteiger partial charge is 0.240 e. The number of piperidine rings is 1. The van der Waals surface area contributed by atoms with Crippen molar-refractivity contribution in [3.05, 3.63) is 12.2 Å². The molecule has 3 aliphatic rings. The van der Waals surface area contributed by atoms with Crippen molar-refractivity contribution >= 4 is 11.8 Å². The summed E-state index contributed by atoms with van der Waals surface area (Å²) >= 11 is 0. The van der Waals surface area contributed by atoms with Crippen LogP contribution in [0, 0.1) is 5.92 Å². The van der Waals surface area contributed by atoms with Crippen LogP contribution in [0.5, 0.6) is 0 Å². The molecule has 3 rings (SSSR count). The van der Waals surface area contributed by atoms with Gasteiger partial charge in [0, 0.05) is 32.1 Å². The van der Waals surface area contributed by atoms with Crippen LogP contribution in [0.25, 0.3) is 0 Å². The Kier molecular flexibility index (Phi) is 3.54. The number of carbonyl (C=O) groups excluding carboxylic acids is 2. The van der Waals surface area contributed by atoms with E-state index in [1.165, 1.54) is 0 Å². The Balaban J connectivity index is 1.64. The quantitative estimate of drug-likeness (QED) is 0.705. The maximum Gasteiger partial charge on any atom is 0.240 e. The first-order valence-electron chi connectivity index (χ1n) is 7.57. The van der Waals surface area contributed by atoms with E-state index in [0.29, 0.717) is 13.1 Å². The van der Waals surface area contributed by atoms with Crippen molar-refractivity contribution in [1.82, 2.24) is 15.1 Å². The van der Waals surface area contributed by atoms with Crippen molar-refractivity contribution in [2.75, 3.05) is 33.2 Å². The molecule has 2 saturated heterocycles. The summed E-state index contributed by atoms with van der Waals surface area (Å²) in [6.45, 7) is 3.03. The molecule has 5 nitrogen and oxygen atoms in total. The highest BCUT2D eigenvalue weighted by atomic mass is 16.2. The number of likely N-dealkylation sites (tertiary alicyclic amines) is 1. The molecule has 110 valence electrons. The van der Waals surface area contributed by atoms with E-state index < -0.39 is 0 Å². The van der Waals surface area contributed by atoms with E-state index in [1.807, 2.05) is 11.9 Å². The summed E-state index contributed by atoms with van der Waals surface area (Å²) in [6.07, 6.45) is 7.44. The summed E-state index contributed by atoms with van der Waals surface area (Å²) in [6, 6.07) is 0. The second-order valence-corrected chi connectivity index (χ2v) is 6.17. The SMILES string of the molecule is CN1CCNC(=O)C12CCN(C(=O)C1CC=CC1)CC2. The third-order valence-electron chi connectivity index (χ3n) is 5.15. The lowest BCUT2D eigenvalue weighted by atomic mass is 9.83. The molecule has 1 N–H and O–H groups in total. The summed E-state index contributed by atoms with van der Waals surface area (Å²) < 4.78 is 0. The van der Waals surface area contributed by atoms with Gasteiger partial charge in [-0.15, -0.1) is 0 Å². The van der Waals surface area contributed by atoms with E-state index in [1.54, 1.807) is 0 Å². The van der Waals surface area contributed by atoms with Crippen molar-refractivity contribution < 1.29 is 9.59 Å². The number of likely N-dealkylation sites (N-methyl/N-ethyl adjacent to an activating group) is 1. The number of allylic oxidation sites excluding steroid dienone is 2. The number of nitrogens with one attached hydrogen (secondary N) is 1. The molecule has 2 amide bonds. The summed E-state index contributed by atoms with van der Waals surface area (Å²) in [7, 11) is 2.02. The largest absolute Gasteiger partial charge is 0.353 e. The van der Waals surface area contributed by atoms with Gasteiger partial charge in [0.25, 0.3) is 0 Å². The fourth-order valence-electron chi connectivity index (χ4n) is 3.67. The van der Waals surface area contributed by atoms with Crippen LogP contribution < -0.4 is 5.32 Å². The van der Waals surface area contributed by atoms with Crippen molar-refractivity contribution in [2.45, 2.75) is 31.2 Å². The van der Waals surface area contributed by atoms with Crippen LogP contribution in [-0.2, 0) is 9.59 Å². The molecule has 0 bridgehead atoms. The van der Waals surface area contributed by atoms with Gasteiger partial charge >= 0.3 is 0 Å². The van der Waals surface area contributed by atoms with Crippen LogP contribution in [0.15, 0.2) is 12.2 Å². The molecule has 2 aliphatic heterocycles. The highest BCUT2D eigenvalue weighted by Crippen LogP contribution is 2.31. The number of hydrogen-bond donors (Lipinski definition) is 1. The monoisotopic (exact) mass is 277 g/mol. The number of piperazine rings is 1. The minimum atomic E-state index is -0.386. The summed E-state index contributed by atoms with van der Waals surface area (Å²) in [4.78, 5) is 28.8. The highest BCUT2D eigenvalue weighted by molar-refractivity contribution is 5.88. The Labute approximate surface area is 120 Å². The molecule has 0 atom stereocenters. The van der Waals surface area contributed by atoms with Gasteiger partial charge in [-0.1, -0.05) is 12.2 Å². The summed E-state index contributed by atoms with van der Waals surface area (Å²) in [5.74, 6) is 0.548.